The third-order valence-corrected chi connectivity index (χ3v) is 2.15. The highest BCUT2D eigenvalue weighted by Gasteiger charge is 2.17. The number of rotatable bonds is 7. The van der Waals surface area contributed by atoms with Crippen LogP contribution in [0, 0.1) is 5.92 Å². The number of hydrogen-bond acceptors (Lipinski definition) is 2. The topological polar surface area (TPSA) is 66.4 Å². The number of carboxylic acids is 1. The van der Waals surface area contributed by atoms with E-state index in [1.165, 1.54) is 0 Å². The summed E-state index contributed by atoms with van der Waals surface area (Å²) in [5.41, 5.74) is 0.398. The first kappa shape index (κ1) is 13.7. The summed E-state index contributed by atoms with van der Waals surface area (Å²) >= 11 is 0. The molecule has 86 valence electrons. The molecule has 0 aliphatic carbocycles. The summed E-state index contributed by atoms with van der Waals surface area (Å²) < 4.78 is 0. The number of unbranched alkanes of at least 4 members (excludes halogenated alkanes) is 1. The van der Waals surface area contributed by atoms with Crippen molar-refractivity contribution >= 4 is 11.9 Å². The maximum absolute atomic E-state index is 11.1. The first-order valence-electron chi connectivity index (χ1n) is 5.15. The molecule has 0 saturated heterocycles. The molecule has 0 heterocycles. The second kappa shape index (κ2) is 7.04. The summed E-state index contributed by atoms with van der Waals surface area (Å²) in [6.45, 7) is 7.26. The minimum Gasteiger partial charge on any atom is -0.481 e. The summed E-state index contributed by atoms with van der Waals surface area (Å²) in [6.07, 6.45) is 2.42. The smallest absolute Gasteiger partial charge is 0.308 e. The highest BCUT2D eigenvalue weighted by Crippen LogP contribution is 2.07. The number of hydrogen-bond donors (Lipinski definition) is 2. The van der Waals surface area contributed by atoms with E-state index in [1.54, 1.807) is 6.92 Å². The minimum atomic E-state index is -0.856. The summed E-state index contributed by atoms with van der Waals surface area (Å²) in [7, 11) is 0. The van der Waals surface area contributed by atoms with Gasteiger partial charge >= 0.3 is 5.97 Å². The Morgan fingerprint density at radius 1 is 1.47 bits per heavy atom. The molecule has 0 saturated carbocycles. The van der Waals surface area contributed by atoms with Crippen LogP contribution in [0.5, 0.6) is 0 Å². The molecule has 4 nitrogen and oxygen atoms in total. The van der Waals surface area contributed by atoms with Gasteiger partial charge in [-0.25, -0.2) is 0 Å². The van der Waals surface area contributed by atoms with Crippen LogP contribution >= 0.6 is 0 Å². The quantitative estimate of drug-likeness (QED) is 0.631. The van der Waals surface area contributed by atoms with E-state index in [9.17, 15) is 9.59 Å². The van der Waals surface area contributed by atoms with E-state index in [0.717, 1.165) is 12.8 Å². The van der Waals surface area contributed by atoms with Crippen LogP contribution in [0.4, 0.5) is 0 Å². The van der Waals surface area contributed by atoms with E-state index < -0.39 is 11.9 Å². The molecule has 0 aliphatic rings. The van der Waals surface area contributed by atoms with Gasteiger partial charge in [-0.3, -0.25) is 9.59 Å². The van der Waals surface area contributed by atoms with E-state index in [4.69, 9.17) is 5.11 Å². The lowest BCUT2D eigenvalue weighted by molar-refractivity contribution is -0.141. The van der Waals surface area contributed by atoms with Gasteiger partial charge in [-0.05, 0) is 13.3 Å². The number of aliphatic carboxylic acids is 1. The number of carbonyl (C=O) groups is 2. The Balaban J connectivity index is 4.01. The largest absolute Gasteiger partial charge is 0.481 e. The maximum atomic E-state index is 11.1. The number of nitrogens with one attached hydrogen (secondary N) is 1. The first-order valence-corrected chi connectivity index (χ1v) is 5.15. The second-order valence-electron chi connectivity index (χ2n) is 3.67. The van der Waals surface area contributed by atoms with E-state index >= 15 is 0 Å². The fourth-order valence-electron chi connectivity index (χ4n) is 1.13. The lowest BCUT2D eigenvalue weighted by Gasteiger charge is -2.12. The van der Waals surface area contributed by atoms with Gasteiger partial charge in [0.25, 0.3) is 0 Å². The van der Waals surface area contributed by atoms with Gasteiger partial charge in [0.2, 0.25) is 5.91 Å². The molecule has 0 aliphatic heterocycles. The fraction of sp³-hybridized carbons (Fsp3) is 0.636. The van der Waals surface area contributed by atoms with E-state index in [-0.39, 0.29) is 12.5 Å². The van der Waals surface area contributed by atoms with Gasteiger partial charge in [0, 0.05) is 12.1 Å². The Kier molecular flexibility index (Phi) is 6.42. The Morgan fingerprint density at radius 3 is 2.47 bits per heavy atom. The highest BCUT2D eigenvalue weighted by molar-refractivity contribution is 5.92. The number of amides is 1. The van der Waals surface area contributed by atoms with Gasteiger partial charge in [-0.15, -0.1) is 0 Å². The molecule has 1 unspecified atom stereocenters. The zero-order valence-corrected chi connectivity index (χ0v) is 9.38. The zero-order valence-electron chi connectivity index (χ0n) is 9.38. The highest BCUT2D eigenvalue weighted by atomic mass is 16.4. The molecule has 0 aromatic heterocycles. The van der Waals surface area contributed by atoms with Crippen molar-refractivity contribution in [2.24, 2.45) is 5.92 Å². The molecule has 1 amide bonds. The predicted octanol–water partition coefficient (Wildman–Crippen LogP) is 1.57. The third-order valence-electron chi connectivity index (χ3n) is 2.15. The van der Waals surface area contributed by atoms with Crippen LogP contribution < -0.4 is 5.32 Å². The van der Waals surface area contributed by atoms with Crippen molar-refractivity contribution in [1.29, 1.82) is 0 Å². The molecule has 4 heteroatoms. The van der Waals surface area contributed by atoms with Crippen LogP contribution in [0.3, 0.4) is 0 Å². The second-order valence-corrected chi connectivity index (χ2v) is 3.67. The molecule has 0 aromatic carbocycles. The molecule has 1 atom stereocenters. The summed E-state index contributed by atoms with van der Waals surface area (Å²) in [6, 6.07) is 0. The monoisotopic (exact) mass is 213 g/mol. The molecule has 0 fully saturated rings. The van der Waals surface area contributed by atoms with Crippen LogP contribution in [0.1, 0.15) is 33.1 Å². The van der Waals surface area contributed by atoms with Gasteiger partial charge in [0.15, 0.2) is 0 Å². The Labute approximate surface area is 90.4 Å². The minimum absolute atomic E-state index is 0.182. The van der Waals surface area contributed by atoms with Crippen molar-refractivity contribution in [3.63, 3.8) is 0 Å². The summed E-state index contributed by atoms with van der Waals surface area (Å²) in [5.74, 6) is -1.63. The van der Waals surface area contributed by atoms with E-state index in [0.29, 0.717) is 12.0 Å². The van der Waals surface area contributed by atoms with Crippen LogP contribution in [-0.4, -0.2) is 23.5 Å². The van der Waals surface area contributed by atoms with Crippen molar-refractivity contribution < 1.29 is 14.7 Å². The summed E-state index contributed by atoms with van der Waals surface area (Å²) in [5, 5.41) is 11.4. The van der Waals surface area contributed by atoms with Crippen LogP contribution in [0.15, 0.2) is 12.2 Å². The maximum Gasteiger partial charge on any atom is 0.308 e. The van der Waals surface area contributed by atoms with E-state index in [1.807, 2.05) is 6.92 Å². The molecule has 0 radical (unpaired) electrons. The average Bonchev–Trinajstić information content (AvgIpc) is 2.16. The SMILES string of the molecule is C=C(C)C(=O)NCC(CCCC)C(=O)O. The van der Waals surface area contributed by atoms with Gasteiger partial charge in [-0.2, -0.15) is 0 Å². The lowest BCUT2D eigenvalue weighted by Crippen LogP contribution is -2.33. The van der Waals surface area contributed by atoms with Crippen molar-refractivity contribution in [3.8, 4) is 0 Å². The molecule has 0 spiro atoms. The lowest BCUT2D eigenvalue weighted by atomic mass is 10.0. The van der Waals surface area contributed by atoms with Crippen molar-refractivity contribution in [3.05, 3.63) is 12.2 Å². The molecule has 15 heavy (non-hydrogen) atoms. The molecule has 0 aromatic rings. The Morgan fingerprint density at radius 2 is 2.07 bits per heavy atom. The standard InChI is InChI=1S/C11H19NO3/c1-4-5-6-9(11(14)15)7-12-10(13)8(2)3/h9H,2,4-7H2,1,3H3,(H,12,13)(H,14,15). The van der Waals surface area contributed by atoms with Crippen molar-refractivity contribution in [2.75, 3.05) is 6.54 Å². The van der Waals surface area contributed by atoms with Gasteiger partial charge in [0.05, 0.1) is 5.92 Å². The Bertz CT molecular complexity index is 248. The van der Waals surface area contributed by atoms with Gasteiger partial charge < -0.3 is 10.4 Å². The van der Waals surface area contributed by atoms with E-state index in [2.05, 4.69) is 11.9 Å². The Hall–Kier alpha value is -1.32. The molecular weight excluding hydrogens is 194 g/mol. The molecule has 0 bridgehead atoms. The molecule has 2 N–H and O–H groups in total. The third kappa shape index (κ3) is 5.88. The van der Waals surface area contributed by atoms with Crippen molar-refractivity contribution in [1.82, 2.24) is 5.32 Å². The normalized spacial score (nSPS) is 11.9. The number of carboxylic acid groups (broad SMARTS) is 1. The predicted molar refractivity (Wildman–Crippen MR) is 58.5 cm³/mol. The van der Waals surface area contributed by atoms with Crippen molar-refractivity contribution in [2.45, 2.75) is 33.1 Å². The van der Waals surface area contributed by atoms with Crippen LogP contribution in [0.2, 0.25) is 0 Å². The first-order chi connectivity index (χ1) is 6.99. The average molecular weight is 213 g/mol. The van der Waals surface area contributed by atoms with Crippen LogP contribution in [-0.2, 0) is 9.59 Å². The number of carbonyl (C=O) groups excluding carboxylic acids is 1. The van der Waals surface area contributed by atoms with Gasteiger partial charge in [-0.1, -0.05) is 26.3 Å². The summed E-state index contributed by atoms with van der Waals surface area (Å²) in [4.78, 5) is 22.0. The molecular formula is C11H19NO3. The van der Waals surface area contributed by atoms with Crippen LogP contribution in [0.25, 0.3) is 0 Å². The molecule has 0 rings (SSSR count). The zero-order chi connectivity index (χ0) is 11.8. The van der Waals surface area contributed by atoms with Gasteiger partial charge in [0.1, 0.15) is 0 Å². The fourth-order valence-corrected chi connectivity index (χ4v) is 1.13.